The molecule has 0 bridgehead atoms. The van der Waals surface area contributed by atoms with Gasteiger partial charge in [0.25, 0.3) is 0 Å². The topological polar surface area (TPSA) is 73.0 Å². The summed E-state index contributed by atoms with van der Waals surface area (Å²) in [5.74, 6) is 3.02. The van der Waals surface area contributed by atoms with E-state index in [0.29, 0.717) is 17.9 Å². The first-order chi connectivity index (χ1) is 15.7. The summed E-state index contributed by atoms with van der Waals surface area (Å²) in [5.41, 5.74) is 3.62. The molecule has 6 nitrogen and oxygen atoms in total. The predicted molar refractivity (Wildman–Crippen MR) is 125 cm³/mol. The summed E-state index contributed by atoms with van der Waals surface area (Å²) >= 11 is 1.59. The summed E-state index contributed by atoms with van der Waals surface area (Å²) < 4.78 is 13.0. The van der Waals surface area contributed by atoms with Crippen molar-refractivity contribution in [2.24, 2.45) is 0 Å². The summed E-state index contributed by atoms with van der Waals surface area (Å²) in [7, 11) is 1.65. The summed E-state index contributed by atoms with van der Waals surface area (Å²) in [6, 6.07) is 25.4. The molecule has 7 heteroatoms. The molecule has 160 valence electrons. The Labute approximate surface area is 191 Å². The highest BCUT2D eigenvalue weighted by molar-refractivity contribution is 7.98. The molecule has 0 aliphatic heterocycles. The number of ether oxygens (including phenoxy) is 2. The molecule has 0 saturated carbocycles. The summed E-state index contributed by atoms with van der Waals surface area (Å²) in [6.07, 6.45) is 0. The lowest BCUT2D eigenvalue weighted by atomic mass is 10.2. The van der Waals surface area contributed by atoms with E-state index in [0.717, 1.165) is 39.3 Å². The first kappa shape index (κ1) is 21.5. The number of benzene rings is 3. The second-order valence-electron chi connectivity index (χ2n) is 6.90. The van der Waals surface area contributed by atoms with Crippen LogP contribution in [0.4, 0.5) is 0 Å². The SMILES string of the molecule is CCOc1ccc(-n2c(SCc3ccc(C#N)cc3)nnc2-c2cccc(OC)c2)cc1. The molecule has 4 aromatic rings. The van der Waals surface area contributed by atoms with Crippen LogP contribution < -0.4 is 9.47 Å². The van der Waals surface area contributed by atoms with Gasteiger partial charge < -0.3 is 9.47 Å². The minimum Gasteiger partial charge on any atom is -0.497 e. The van der Waals surface area contributed by atoms with E-state index in [2.05, 4.69) is 16.3 Å². The maximum Gasteiger partial charge on any atom is 0.196 e. The third-order valence-corrected chi connectivity index (χ3v) is 5.82. The van der Waals surface area contributed by atoms with Crippen LogP contribution in [0.15, 0.2) is 78.0 Å². The van der Waals surface area contributed by atoms with Gasteiger partial charge >= 0.3 is 0 Å². The van der Waals surface area contributed by atoms with Crippen molar-refractivity contribution in [3.05, 3.63) is 83.9 Å². The lowest BCUT2D eigenvalue weighted by Crippen LogP contribution is -2.00. The number of methoxy groups -OCH3 is 1. The average Bonchev–Trinajstić information content (AvgIpc) is 3.28. The highest BCUT2D eigenvalue weighted by atomic mass is 32.2. The molecule has 0 saturated heterocycles. The Hall–Kier alpha value is -3.76. The Balaban J connectivity index is 1.70. The average molecular weight is 443 g/mol. The summed E-state index contributed by atoms with van der Waals surface area (Å²) in [4.78, 5) is 0. The van der Waals surface area contributed by atoms with Gasteiger partial charge in [0.1, 0.15) is 11.5 Å². The molecule has 0 aliphatic rings. The van der Waals surface area contributed by atoms with Crippen molar-refractivity contribution in [1.82, 2.24) is 14.8 Å². The number of hydrogen-bond donors (Lipinski definition) is 0. The van der Waals surface area contributed by atoms with Crippen molar-refractivity contribution < 1.29 is 9.47 Å². The van der Waals surface area contributed by atoms with Gasteiger partial charge in [-0.1, -0.05) is 36.0 Å². The zero-order valence-electron chi connectivity index (χ0n) is 17.9. The Bertz CT molecular complexity index is 1230. The second kappa shape index (κ2) is 10.0. The molecule has 3 aromatic carbocycles. The van der Waals surface area contributed by atoms with E-state index < -0.39 is 0 Å². The van der Waals surface area contributed by atoms with Crippen molar-refractivity contribution in [2.45, 2.75) is 17.8 Å². The molecule has 0 atom stereocenters. The maximum atomic E-state index is 9.01. The third-order valence-electron chi connectivity index (χ3n) is 4.82. The van der Waals surface area contributed by atoms with E-state index in [1.807, 2.05) is 84.3 Å². The minimum absolute atomic E-state index is 0.618. The van der Waals surface area contributed by atoms with Crippen LogP contribution in [0.1, 0.15) is 18.1 Å². The molecule has 0 radical (unpaired) electrons. The van der Waals surface area contributed by atoms with Gasteiger partial charge in [0.2, 0.25) is 0 Å². The third kappa shape index (κ3) is 4.76. The van der Waals surface area contributed by atoms with Crippen LogP contribution in [0.2, 0.25) is 0 Å². The van der Waals surface area contributed by atoms with Crippen LogP contribution in [0.5, 0.6) is 11.5 Å². The van der Waals surface area contributed by atoms with Crippen molar-refractivity contribution in [3.8, 4) is 34.6 Å². The highest BCUT2D eigenvalue weighted by Crippen LogP contribution is 2.31. The van der Waals surface area contributed by atoms with E-state index >= 15 is 0 Å². The molecule has 4 rings (SSSR count). The Morgan fingerprint density at radius 1 is 0.969 bits per heavy atom. The molecule has 0 aliphatic carbocycles. The van der Waals surface area contributed by atoms with E-state index in [1.165, 1.54) is 0 Å². The zero-order chi connectivity index (χ0) is 22.3. The van der Waals surface area contributed by atoms with Crippen molar-refractivity contribution >= 4 is 11.8 Å². The standard InChI is InChI=1S/C25H22N4O2S/c1-3-31-22-13-11-21(12-14-22)29-24(20-5-4-6-23(15-20)30-2)27-28-25(29)32-17-19-9-7-18(16-26)8-10-19/h4-15H,3,17H2,1-2H3. The molecule has 0 fully saturated rings. The van der Waals surface area contributed by atoms with Crippen LogP contribution in [0.3, 0.4) is 0 Å². The number of thioether (sulfide) groups is 1. The Morgan fingerprint density at radius 3 is 2.44 bits per heavy atom. The van der Waals surface area contributed by atoms with Gasteiger partial charge in [0, 0.05) is 17.0 Å². The first-order valence-corrected chi connectivity index (χ1v) is 11.1. The van der Waals surface area contributed by atoms with Crippen molar-refractivity contribution in [1.29, 1.82) is 5.26 Å². The molecule has 1 heterocycles. The number of nitriles is 1. The Kier molecular flexibility index (Phi) is 6.73. The molecule has 32 heavy (non-hydrogen) atoms. The van der Waals surface area contributed by atoms with E-state index in [-0.39, 0.29) is 0 Å². The number of hydrogen-bond acceptors (Lipinski definition) is 6. The van der Waals surface area contributed by atoms with E-state index in [4.69, 9.17) is 14.7 Å². The molecule has 0 spiro atoms. The molecular weight excluding hydrogens is 420 g/mol. The van der Waals surface area contributed by atoms with Crippen molar-refractivity contribution in [2.75, 3.05) is 13.7 Å². The monoisotopic (exact) mass is 442 g/mol. The second-order valence-corrected chi connectivity index (χ2v) is 7.84. The fourth-order valence-electron chi connectivity index (χ4n) is 3.23. The largest absolute Gasteiger partial charge is 0.497 e. The van der Waals surface area contributed by atoms with Gasteiger partial charge in [-0.15, -0.1) is 10.2 Å². The van der Waals surface area contributed by atoms with E-state index in [9.17, 15) is 0 Å². The van der Waals surface area contributed by atoms with Gasteiger partial charge in [0.05, 0.1) is 25.3 Å². The molecule has 0 amide bonds. The smallest absolute Gasteiger partial charge is 0.196 e. The van der Waals surface area contributed by atoms with Crippen LogP contribution >= 0.6 is 11.8 Å². The lowest BCUT2D eigenvalue weighted by Gasteiger charge is -2.12. The number of nitrogens with zero attached hydrogens (tertiary/aromatic N) is 4. The molecule has 0 unspecified atom stereocenters. The minimum atomic E-state index is 0.618. The normalized spacial score (nSPS) is 10.5. The zero-order valence-corrected chi connectivity index (χ0v) is 18.7. The van der Waals surface area contributed by atoms with Gasteiger partial charge in [-0.25, -0.2) is 0 Å². The van der Waals surface area contributed by atoms with Gasteiger partial charge in [-0.3, -0.25) is 4.57 Å². The maximum absolute atomic E-state index is 9.01. The predicted octanol–water partition coefficient (Wildman–Crippen LogP) is 5.51. The molecule has 1 aromatic heterocycles. The molecule has 0 N–H and O–H groups in total. The number of aromatic nitrogens is 3. The summed E-state index contributed by atoms with van der Waals surface area (Å²) in [5, 5.41) is 18.8. The molecular formula is C25H22N4O2S. The van der Waals surface area contributed by atoms with E-state index in [1.54, 1.807) is 18.9 Å². The van der Waals surface area contributed by atoms with Crippen molar-refractivity contribution in [3.63, 3.8) is 0 Å². The highest BCUT2D eigenvalue weighted by Gasteiger charge is 2.17. The Morgan fingerprint density at radius 2 is 1.75 bits per heavy atom. The summed E-state index contributed by atoms with van der Waals surface area (Å²) in [6.45, 7) is 2.58. The van der Waals surface area contributed by atoms with Crippen LogP contribution in [0.25, 0.3) is 17.1 Å². The van der Waals surface area contributed by atoms with Crippen LogP contribution in [-0.2, 0) is 5.75 Å². The fourth-order valence-corrected chi connectivity index (χ4v) is 4.13. The van der Waals surface area contributed by atoms with Gasteiger partial charge in [-0.2, -0.15) is 5.26 Å². The number of rotatable bonds is 8. The quantitative estimate of drug-likeness (QED) is 0.335. The fraction of sp³-hybridized carbons (Fsp3) is 0.160. The lowest BCUT2D eigenvalue weighted by molar-refractivity contribution is 0.340. The van der Waals surface area contributed by atoms with Gasteiger partial charge in [0.15, 0.2) is 11.0 Å². The van der Waals surface area contributed by atoms with Crippen LogP contribution in [-0.4, -0.2) is 28.5 Å². The first-order valence-electron chi connectivity index (χ1n) is 10.2. The van der Waals surface area contributed by atoms with Gasteiger partial charge in [-0.05, 0) is 61.0 Å². The van der Waals surface area contributed by atoms with Crippen LogP contribution in [0, 0.1) is 11.3 Å².